The van der Waals surface area contributed by atoms with E-state index >= 15 is 0 Å². The summed E-state index contributed by atoms with van der Waals surface area (Å²) in [4.78, 5) is 43.4. The molecule has 0 bridgehead atoms. The van der Waals surface area contributed by atoms with Gasteiger partial charge in [-0.25, -0.2) is 9.97 Å². The summed E-state index contributed by atoms with van der Waals surface area (Å²) in [5.74, 6) is 0.580. The molecule has 0 aliphatic carbocycles. The molecule has 0 atom stereocenters. The number of methoxy groups -OCH3 is 1. The summed E-state index contributed by atoms with van der Waals surface area (Å²) in [5.41, 5.74) is 2.33. The molecule has 0 spiro atoms. The predicted octanol–water partition coefficient (Wildman–Crippen LogP) is 1.47. The van der Waals surface area contributed by atoms with Crippen molar-refractivity contribution in [3.8, 4) is 17.1 Å². The number of ether oxygens (including phenoxy) is 2. The maximum atomic E-state index is 13.4. The monoisotopic (exact) mass is 495 g/mol. The second kappa shape index (κ2) is 11.9. The van der Waals surface area contributed by atoms with E-state index in [2.05, 4.69) is 25.2 Å². The number of nitrogens with one attached hydrogen (secondary N) is 1. The summed E-state index contributed by atoms with van der Waals surface area (Å²) in [7, 11) is 3.60. The molecule has 36 heavy (non-hydrogen) atoms. The van der Waals surface area contributed by atoms with E-state index in [4.69, 9.17) is 9.47 Å². The zero-order valence-electron chi connectivity index (χ0n) is 21.1. The summed E-state index contributed by atoms with van der Waals surface area (Å²) in [6, 6.07) is 5.45. The van der Waals surface area contributed by atoms with Crippen LogP contribution in [-0.2, 0) is 16.1 Å². The molecule has 1 saturated heterocycles. The highest BCUT2D eigenvalue weighted by molar-refractivity contribution is 5.82. The molecule has 0 saturated carbocycles. The Morgan fingerprint density at radius 1 is 1.11 bits per heavy atom. The third-order valence-electron chi connectivity index (χ3n) is 6.14. The SMILES string of the molecule is CCCOCCn1c(=O)c(NCC(=O)N2CCN(C)CC2)nc2cnc(-c3ccc(OC)nc3)cc21. The molecule has 1 fully saturated rings. The Bertz CT molecular complexity index is 1240. The highest BCUT2D eigenvalue weighted by Crippen LogP contribution is 2.22. The third-order valence-corrected chi connectivity index (χ3v) is 6.14. The lowest BCUT2D eigenvalue weighted by Gasteiger charge is -2.32. The fourth-order valence-electron chi connectivity index (χ4n) is 4.02. The van der Waals surface area contributed by atoms with E-state index in [-0.39, 0.29) is 23.8 Å². The maximum absolute atomic E-state index is 13.4. The van der Waals surface area contributed by atoms with Gasteiger partial charge in [0, 0.05) is 57.2 Å². The highest BCUT2D eigenvalue weighted by Gasteiger charge is 2.20. The maximum Gasteiger partial charge on any atom is 0.293 e. The van der Waals surface area contributed by atoms with Crippen LogP contribution in [0.5, 0.6) is 5.88 Å². The van der Waals surface area contributed by atoms with Crippen LogP contribution < -0.4 is 15.6 Å². The number of amides is 1. The van der Waals surface area contributed by atoms with Crippen molar-refractivity contribution < 1.29 is 14.3 Å². The Morgan fingerprint density at radius 3 is 2.61 bits per heavy atom. The standard InChI is InChI=1S/C25H33N7O4/c1-4-12-36-13-11-32-21-14-19(18-5-6-22(35-3)27-15-18)26-16-20(21)29-24(25(32)34)28-17-23(33)31-9-7-30(2)8-10-31/h5-6,14-16H,4,7-13,17H2,1-3H3,(H,28,29). The van der Waals surface area contributed by atoms with E-state index in [0.717, 1.165) is 25.1 Å². The van der Waals surface area contributed by atoms with Gasteiger partial charge in [-0.2, -0.15) is 0 Å². The fraction of sp³-hybridized carbons (Fsp3) is 0.480. The molecule has 1 aliphatic heterocycles. The van der Waals surface area contributed by atoms with Crippen LogP contribution in [0.1, 0.15) is 13.3 Å². The Kier molecular flexibility index (Phi) is 8.44. The molecule has 3 aromatic rings. The van der Waals surface area contributed by atoms with Crippen LogP contribution in [0.15, 0.2) is 35.4 Å². The van der Waals surface area contributed by atoms with E-state index in [9.17, 15) is 9.59 Å². The van der Waals surface area contributed by atoms with Gasteiger partial charge in [0.2, 0.25) is 11.8 Å². The number of aromatic nitrogens is 4. The minimum absolute atomic E-state index is 0.00677. The minimum Gasteiger partial charge on any atom is -0.481 e. The smallest absolute Gasteiger partial charge is 0.293 e. The van der Waals surface area contributed by atoms with E-state index < -0.39 is 0 Å². The van der Waals surface area contributed by atoms with Crippen molar-refractivity contribution in [2.45, 2.75) is 19.9 Å². The molecule has 1 amide bonds. The van der Waals surface area contributed by atoms with Gasteiger partial charge in [-0.05, 0) is 25.6 Å². The Morgan fingerprint density at radius 2 is 1.92 bits per heavy atom. The summed E-state index contributed by atoms with van der Waals surface area (Å²) in [6.07, 6.45) is 4.20. The number of likely N-dealkylation sites (N-methyl/N-ethyl adjacent to an activating group) is 1. The fourth-order valence-corrected chi connectivity index (χ4v) is 4.02. The first-order valence-electron chi connectivity index (χ1n) is 12.2. The molecule has 11 heteroatoms. The first kappa shape index (κ1) is 25.5. The van der Waals surface area contributed by atoms with Gasteiger partial charge in [0.1, 0.15) is 5.52 Å². The van der Waals surface area contributed by atoms with Gasteiger partial charge < -0.3 is 29.2 Å². The Labute approximate surface area is 210 Å². The molecule has 11 nitrogen and oxygen atoms in total. The van der Waals surface area contributed by atoms with Crippen LogP contribution >= 0.6 is 0 Å². The van der Waals surface area contributed by atoms with Crippen molar-refractivity contribution in [2.75, 3.05) is 65.4 Å². The summed E-state index contributed by atoms with van der Waals surface area (Å²) >= 11 is 0. The first-order chi connectivity index (χ1) is 17.5. The Hall–Kier alpha value is -3.57. The van der Waals surface area contributed by atoms with Gasteiger partial charge in [-0.1, -0.05) is 6.92 Å². The predicted molar refractivity (Wildman–Crippen MR) is 137 cm³/mol. The number of pyridine rings is 2. The van der Waals surface area contributed by atoms with Crippen molar-refractivity contribution in [2.24, 2.45) is 0 Å². The van der Waals surface area contributed by atoms with Crippen LogP contribution in [0.3, 0.4) is 0 Å². The lowest BCUT2D eigenvalue weighted by atomic mass is 10.2. The van der Waals surface area contributed by atoms with Crippen molar-refractivity contribution >= 4 is 22.8 Å². The number of carbonyl (C=O) groups is 1. The van der Waals surface area contributed by atoms with Gasteiger partial charge >= 0.3 is 0 Å². The molecule has 192 valence electrons. The van der Waals surface area contributed by atoms with Crippen molar-refractivity contribution in [3.05, 3.63) is 40.9 Å². The van der Waals surface area contributed by atoms with E-state index in [1.165, 1.54) is 0 Å². The summed E-state index contributed by atoms with van der Waals surface area (Å²) < 4.78 is 12.4. The lowest BCUT2D eigenvalue weighted by Crippen LogP contribution is -2.49. The minimum atomic E-state index is -0.307. The van der Waals surface area contributed by atoms with Crippen LogP contribution in [-0.4, -0.2) is 95.3 Å². The molecule has 0 aromatic carbocycles. The quantitative estimate of drug-likeness (QED) is 0.418. The lowest BCUT2D eigenvalue weighted by molar-refractivity contribution is -0.130. The second-order valence-corrected chi connectivity index (χ2v) is 8.71. The summed E-state index contributed by atoms with van der Waals surface area (Å²) in [6.45, 7) is 6.41. The molecule has 1 N–H and O–H groups in total. The molecular weight excluding hydrogens is 462 g/mol. The number of carbonyl (C=O) groups excluding carboxylic acids is 1. The number of fused-ring (bicyclic) bond motifs is 1. The zero-order valence-corrected chi connectivity index (χ0v) is 21.1. The largest absolute Gasteiger partial charge is 0.481 e. The molecule has 0 unspecified atom stereocenters. The average Bonchev–Trinajstić information content (AvgIpc) is 2.91. The van der Waals surface area contributed by atoms with E-state index in [0.29, 0.717) is 55.5 Å². The first-order valence-corrected chi connectivity index (χ1v) is 12.2. The van der Waals surface area contributed by atoms with E-state index in [1.54, 1.807) is 30.1 Å². The van der Waals surface area contributed by atoms with Crippen molar-refractivity contribution in [3.63, 3.8) is 0 Å². The Balaban J connectivity index is 1.61. The number of anilines is 1. The van der Waals surface area contributed by atoms with Crippen LogP contribution in [0.2, 0.25) is 0 Å². The molecular formula is C25H33N7O4. The zero-order chi connectivity index (χ0) is 25.5. The molecule has 3 aromatic heterocycles. The van der Waals surface area contributed by atoms with Gasteiger partial charge in [0.15, 0.2) is 5.82 Å². The van der Waals surface area contributed by atoms with Crippen LogP contribution in [0.4, 0.5) is 5.82 Å². The average molecular weight is 496 g/mol. The molecule has 4 rings (SSSR count). The van der Waals surface area contributed by atoms with Gasteiger partial charge in [-0.15, -0.1) is 0 Å². The third kappa shape index (κ3) is 5.97. The van der Waals surface area contributed by atoms with E-state index in [1.807, 2.05) is 31.0 Å². The van der Waals surface area contributed by atoms with Gasteiger partial charge in [0.25, 0.3) is 5.56 Å². The molecule has 0 radical (unpaired) electrons. The number of hydrogen-bond acceptors (Lipinski definition) is 9. The van der Waals surface area contributed by atoms with Crippen molar-refractivity contribution in [1.82, 2.24) is 29.3 Å². The van der Waals surface area contributed by atoms with Crippen molar-refractivity contribution in [1.29, 1.82) is 0 Å². The van der Waals surface area contributed by atoms with Gasteiger partial charge in [0.05, 0.1) is 37.7 Å². The number of piperazine rings is 1. The normalized spacial score (nSPS) is 14.2. The molecule has 1 aliphatic rings. The van der Waals surface area contributed by atoms with Gasteiger partial charge in [-0.3, -0.25) is 14.6 Å². The van der Waals surface area contributed by atoms with Crippen LogP contribution in [0.25, 0.3) is 22.3 Å². The molecule has 4 heterocycles. The number of hydrogen-bond donors (Lipinski definition) is 1. The number of rotatable bonds is 10. The number of nitrogens with zero attached hydrogens (tertiary/aromatic N) is 6. The highest BCUT2D eigenvalue weighted by atomic mass is 16.5. The summed E-state index contributed by atoms with van der Waals surface area (Å²) in [5, 5.41) is 2.97. The topological polar surface area (TPSA) is 115 Å². The second-order valence-electron chi connectivity index (χ2n) is 8.71. The van der Waals surface area contributed by atoms with Crippen LogP contribution in [0, 0.1) is 0 Å².